The topological polar surface area (TPSA) is 323 Å². The maximum absolute atomic E-state index is 16.0. The molecule has 4 aliphatic rings. The monoisotopic (exact) mass is 1490 g/mol. The maximum Gasteiger partial charge on any atom is 0.424 e. The molecule has 24 nitrogen and oxygen atoms in total. The second-order valence-corrected chi connectivity index (χ2v) is 27.9. The molecule has 0 unspecified atom stereocenters. The molecule has 0 bridgehead atoms. The van der Waals surface area contributed by atoms with Crippen molar-refractivity contribution < 1.29 is 85.8 Å². The van der Waals surface area contributed by atoms with E-state index in [2.05, 4.69) is 9.98 Å². The van der Waals surface area contributed by atoms with Gasteiger partial charge in [0.05, 0.1) is 40.0 Å². The van der Waals surface area contributed by atoms with Crippen LogP contribution in [0.15, 0.2) is 226 Å². The van der Waals surface area contributed by atoms with Crippen molar-refractivity contribution in [2.75, 3.05) is 0 Å². The van der Waals surface area contributed by atoms with Gasteiger partial charge in [-0.25, -0.2) is 38.8 Å². The van der Waals surface area contributed by atoms with Gasteiger partial charge in [-0.15, -0.1) is 45.3 Å². The predicted molar refractivity (Wildman–Crippen MR) is 384 cm³/mol. The van der Waals surface area contributed by atoms with Crippen LogP contribution in [0.1, 0.15) is 58.4 Å². The van der Waals surface area contributed by atoms with Crippen molar-refractivity contribution in [3.8, 4) is 43.1 Å². The Morgan fingerprint density at radius 1 is 0.387 bits per heavy atom. The zero-order chi connectivity index (χ0) is 74.0. The number of esters is 4. The fraction of sp³-hybridized carbons (Fsp3) is 0.128. The molecule has 0 radical (unpaired) electrons. The molecule has 0 aliphatic carbocycles. The average molecular weight is 1490 g/mol. The number of carbonyl (C=O) groups excluding carboxylic acids is 10. The number of hydrogen-bond donors (Lipinski definition) is 0. The molecule has 524 valence electrons. The van der Waals surface area contributed by atoms with Gasteiger partial charge in [0, 0.05) is 23.3 Å². The van der Waals surface area contributed by atoms with Crippen molar-refractivity contribution in [1.29, 1.82) is 10.5 Å². The molecular weight excluding hydrogens is 1440 g/mol. The second kappa shape index (κ2) is 29.3. The maximum atomic E-state index is 16.0. The van der Waals surface area contributed by atoms with E-state index < -0.39 is 120 Å². The molecule has 0 fully saturated rings. The van der Waals surface area contributed by atoms with Crippen LogP contribution in [-0.4, -0.2) is 80.9 Å². The SMILES string of the molecule is CC1=C(C#N)C(=O)N(C(=O)OCc2ccccc2)C(=O)C1=Nc1cc2c(s1)-c1sc3c4c(sc3c1C(C(=O)OCc1ccccc1)(C(=O)OCc1ccccc1)O2)-c1sc(N=C2C(=O)N(C(=O)OCc3ccccc3)C(=O)C(C#N)=C2C)cc1OC4(C(=O)OCc1ccccc1)C(=O)OCc1ccccc1. The van der Waals surface area contributed by atoms with Crippen LogP contribution in [0.4, 0.5) is 19.6 Å². The lowest BCUT2D eigenvalue weighted by atomic mass is 9.88. The first kappa shape index (κ1) is 69.9. The third-order valence-electron chi connectivity index (χ3n) is 17.1. The highest BCUT2D eigenvalue weighted by Crippen LogP contribution is 2.65. The Balaban J connectivity index is 0.987. The van der Waals surface area contributed by atoms with Gasteiger partial charge in [0.2, 0.25) is 0 Å². The Kier molecular flexibility index (Phi) is 19.3. The highest BCUT2D eigenvalue weighted by Gasteiger charge is 2.64. The fourth-order valence-corrected chi connectivity index (χ4v) is 17.1. The normalized spacial score (nSPS) is 15.4. The fourth-order valence-electron chi connectivity index (χ4n) is 11.8. The van der Waals surface area contributed by atoms with Gasteiger partial charge >= 0.3 is 47.3 Å². The Hall–Kier alpha value is -13.1. The quantitative estimate of drug-likeness (QED) is 0.0333. The van der Waals surface area contributed by atoms with Crippen LogP contribution in [0.2, 0.25) is 0 Å². The van der Waals surface area contributed by atoms with Crippen LogP contribution in [0.3, 0.4) is 0 Å². The van der Waals surface area contributed by atoms with Gasteiger partial charge in [0.25, 0.3) is 23.6 Å². The molecule has 4 aromatic heterocycles. The van der Waals surface area contributed by atoms with Crippen molar-refractivity contribution in [2.24, 2.45) is 9.98 Å². The van der Waals surface area contributed by atoms with E-state index in [1.165, 1.54) is 26.0 Å². The molecule has 0 N–H and O–H groups in total. The van der Waals surface area contributed by atoms with Crippen LogP contribution in [0.5, 0.6) is 11.5 Å². The van der Waals surface area contributed by atoms with Crippen LogP contribution in [-0.2, 0) is 118 Å². The van der Waals surface area contributed by atoms with Crippen molar-refractivity contribution in [3.05, 3.63) is 261 Å². The summed E-state index contributed by atoms with van der Waals surface area (Å²) in [5.41, 5.74) is -6.36. The van der Waals surface area contributed by atoms with Gasteiger partial charge in [-0.2, -0.15) is 20.3 Å². The van der Waals surface area contributed by atoms with Crippen LogP contribution < -0.4 is 9.47 Å². The molecule has 28 heteroatoms. The number of ether oxygens (including phenoxy) is 8. The first-order valence-corrected chi connectivity index (χ1v) is 35.4. The number of fused-ring (bicyclic) bond motifs is 9. The Bertz CT molecular complexity index is 5090. The number of nitriles is 2. The molecule has 14 rings (SSSR count). The lowest BCUT2D eigenvalue weighted by Gasteiger charge is -2.33. The number of nitrogens with zero attached hydrogens (tertiary/aromatic N) is 6. The first-order valence-electron chi connectivity index (χ1n) is 32.1. The minimum atomic E-state index is -3.02. The van der Waals surface area contributed by atoms with E-state index in [9.17, 15) is 39.3 Å². The third-order valence-corrected chi connectivity index (χ3v) is 22.0. The van der Waals surface area contributed by atoms with Crippen LogP contribution >= 0.6 is 45.3 Å². The summed E-state index contributed by atoms with van der Waals surface area (Å²) < 4.78 is 49.3. The number of rotatable bonds is 18. The van der Waals surface area contributed by atoms with E-state index in [1.54, 1.807) is 194 Å². The molecule has 0 atom stereocenters. The molecule has 6 amide bonds. The van der Waals surface area contributed by atoms with Crippen molar-refractivity contribution in [2.45, 2.75) is 64.7 Å². The Morgan fingerprint density at radius 2 is 0.651 bits per heavy atom. The number of amides is 6. The summed E-state index contributed by atoms with van der Waals surface area (Å²) in [6.45, 7) is 0.0883. The Morgan fingerprint density at radius 3 is 0.915 bits per heavy atom. The van der Waals surface area contributed by atoms with E-state index in [-0.39, 0.29) is 95.7 Å². The zero-order valence-corrected chi connectivity index (χ0v) is 58.6. The summed E-state index contributed by atoms with van der Waals surface area (Å²) in [6.07, 6.45) is -2.81. The van der Waals surface area contributed by atoms with Crippen molar-refractivity contribution in [1.82, 2.24) is 9.80 Å². The first-order chi connectivity index (χ1) is 51.4. The standard InChI is InChI=1S/C78H50N6O18S4/c1-43-51(35-79)67(85)83(75(93)99-41-49-29-17-7-18-30-49)69(87)59(43)81-55-33-53-61(103-55)63-57(77(101-53,71(89)95-37-45-21-9-3-10-22-45)72(90)96-38-46-23-11-4-12-24-46)65-66(105-63)58-64(106-65)62-54(102-78(58,73(91)97-39-47-25-13-5-14-26-47)74(92)98-40-48-27-15-6-16-28-48)34-56(104-62)82-60-44(2)52(36-80)68(86)84(70(60)88)76(94)100-42-50-31-19-8-20-32-50/h3-34H,37-42H2,1-2H3. The summed E-state index contributed by atoms with van der Waals surface area (Å²) in [4.78, 5) is 158. The van der Waals surface area contributed by atoms with Gasteiger partial charge in [0.1, 0.15) is 95.9 Å². The number of aliphatic imine (C=N–C) groups is 2. The lowest BCUT2D eigenvalue weighted by Crippen LogP contribution is -2.52. The van der Waals surface area contributed by atoms with Gasteiger partial charge in [-0.3, -0.25) is 19.2 Å². The highest BCUT2D eigenvalue weighted by molar-refractivity contribution is 7.35. The predicted octanol–water partition coefficient (Wildman–Crippen LogP) is 13.8. The summed E-state index contributed by atoms with van der Waals surface area (Å²) in [6, 6.07) is 56.8. The van der Waals surface area contributed by atoms with Gasteiger partial charge in [0.15, 0.2) is 0 Å². The number of thiophene rings is 4. The molecule has 4 aliphatic heterocycles. The number of hydrogen-bond acceptors (Lipinski definition) is 26. The molecule has 10 aromatic rings. The van der Waals surface area contributed by atoms with E-state index >= 15 is 19.2 Å². The summed E-state index contributed by atoms with van der Waals surface area (Å²) in [5.74, 6) is -10.9. The zero-order valence-electron chi connectivity index (χ0n) is 55.4. The molecular formula is C78H50N6O18S4. The highest BCUT2D eigenvalue weighted by atomic mass is 32.1. The van der Waals surface area contributed by atoms with Gasteiger partial charge in [-0.05, 0) is 47.2 Å². The molecule has 0 saturated heterocycles. The van der Waals surface area contributed by atoms with Crippen molar-refractivity contribution in [3.63, 3.8) is 0 Å². The smallest absolute Gasteiger partial charge is 0.424 e. The molecule has 8 heterocycles. The minimum Gasteiger partial charge on any atom is -0.458 e. The number of benzene rings is 6. The van der Waals surface area contributed by atoms with E-state index in [4.69, 9.17) is 37.9 Å². The summed E-state index contributed by atoms with van der Waals surface area (Å²) in [7, 11) is 0. The number of imide groups is 6. The summed E-state index contributed by atoms with van der Waals surface area (Å²) in [5, 5.41) is 20.5. The Labute approximate surface area is 617 Å². The minimum absolute atomic E-state index is 0.00909. The third kappa shape index (κ3) is 12.9. The molecule has 0 spiro atoms. The van der Waals surface area contributed by atoms with Gasteiger partial charge in [-0.1, -0.05) is 182 Å². The largest absolute Gasteiger partial charge is 0.458 e. The van der Waals surface area contributed by atoms with Crippen LogP contribution in [0.25, 0.3) is 28.9 Å². The number of carbonyl (C=O) groups is 10. The molecule has 6 aromatic carbocycles. The van der Waals surface area contributed by atoms with Gasteiger partial charge < -0.3 is 37.9 Å². The molecule has 106 heavy (non-hydrogen) atoms. The summed E-state index contributed by atoms with van der Waals surface area (Å²) >= 11 is 3.36. The lowest BCUT2D eigenvalue weighted by molar-refractivity contribution is -0.184. The van der Waals surface area contributed by atoms with Crippen LogP contribution in [0, 0.1) is 22.7 Å². The van der Waals surface area contributed by atoms with E-state index in [1.807, 2.05) is 0 Å². The molecule has 0 saturated carbocycles. The van der Waals surface area contributed by atoms with Crippen molar-refractivity contribution >= 4 is 136 Å². The van der Waals surface area contributed by atoms with E-state index in [0.717, 1.165) is 45.3 Å². The van der Waals surface area contributed by atoms with E-state index in [0.29, 0.717) is 33.4 Å². The second-order valence-electron chi connectivity index (χ2n) is 23.8. The average Bonchev–Trinajstić information content (AvgIpc) is 1.51.